The van der Waals surface area contributed by atoms with Gasteiger partial charge in [-0.15, -0.1) is 0 Å². The van der Waals surface area contributed by atoms with Crippen LogP contribution in [0.4, 0.5) is 13.2 Å². The van der Waals surface area contributed by atoms with Crippen LogP contribution in [-0.4, -0.2) is 40.8 Å². The molecule has 0 aromatic carbocycles. The first kappa shape index (κ1) is 18.9. The standard InChI is InChI=1S/C18H18F3N3O3/c19-18(20,21)16(25)11-1-3-13-9-14(6-8-24(13)7-5-11)27-15-4-2-12(10-23-15)17(22)26/h2,4,6,9-11H,1,3,5,7-8H2,(H2,22,26). The first-order valence-corrected chi connectivity index (χ1v) is 8.44. The summed E-state index contributed by atoms with van der Waals surface area (Å²) in [5, 5.41) is 0. The largest absolute Gasteiger partial charge is 0.450 e. The van der Waals surface area contributed by atoms with Gasteiger partial charge in [-0.1, -0.05) is 0 Å². The Hall–Kier alpha value is -2.84. The molecule has 0 radical (unpaired) electrons. The maximum Gasteiger partial charge on any atom is 0.450 e. The van der Waals surface area contributed by atoms with Crippen molar-refractivity contribution in [3.63, 3.8) is 0 Å². The van der Waals surface area contributed by atoms with Crippen molar-refractivity contribution in [1.29, 1.82) is 0 Å². The van der Waals surface area contributed by atoms with Crippen molar-refractivity contribution in [2.24, 2.45) is 11.7 Å². The zero-order valence-corrected chi connectivity index (χ0v) is 14.3. The minimum atomic E-state index is -4.79. The molecule has 2 aliphatic rings. The van der Waals surface area contributed by atoms with Crippen LogP contribution in [0.3, 0.4) is 0 Å². The number of fused-ring (bicyclic) bond motifs is 1. The Morgan fingerprint density at radius 2 is 2.04 bits per heavy atom. The van der Waals surface area contributed by atoms with Crippen LogP contribution >= 0.6 is 0 Å². The van der Waals surface area contributed by atoms with E-state index in [-0.39, 0.29) is 24.3 Å². The second-order valence-electron chi connectivity index (χ2n) is 6.43. The summed E-state index contributed by atoms with van der Waals surface area (Å²) in [6, 6.07) is 3.00. The number of pyridine rings is 1. The van der Waals surface area contributed by atoms with Crippen LogP contribution in [0.25, 0.3) is 0 Å². The van der Waals surface area contributed by atoms with E-state index >= 15 is 0 Å². The summed E-state index contributed by atoms with van der Waals surface area (Å²) in [5.74, 6) is -2.46. The molecule has 1 fully saturated rings. The number of primary amides is 1. The number of carbonyl (C=O) groups excluding carboxylic acids is 2. The van der Waals surface area contributed by atoms with E-state index in [2.05, 4.69) is 4.98 Å². The number of Topliss-reactive ketones (excluding diaryl/α,β-unsaturated/α-hetero) is 1. The van der Waals surface area contributed by atoms with Crippen LogP contribution in [0, 0.1) is 5.92 Å². The molecule has 0 bridgehead atoms. The van der Waals surface area contributed by atoms with E-state index < -0.39 is 23.8 Å². The second kappa shape index (κ2) is 7.42. The molecule has 0 saturated carbocycles. The number of nitrogens with two attached hydrogens (primary N) is 1. The summed E-state index contributed by atoms with van der Waals surface area (Å²) in [4.78, 5) is 28.5. The molecule has 1 aromatic heterocycles. The van der Waals surface area contributed by atoms with Gasteiger partial charge >= 0.3 is 6.18 Å². The lowest BCUT2D eigenvalue weighted by Crippen LogP contribution is -2.31. The van der Waals surface area contributed by atoms with Crippen LogP contribution in [0.15, 0.2) is 41.9 Å². The van der Waals surface area contributed by atoms with Crippen molar-refractivity contribution in [3.8, 4) is 5.88 Å². The Kier molecular flexibility index (Phi) is 5.20. The normalized spacial score (nSPS) is 20.1. The first-order valence-electron chi connectivity index (χ1n) is 8.44. The third-order valence-corrected chi connectivity index (χ3v) is 4.62. The highest BCUT2D eigenvalue weighted by Gasteiger charge is 2.43. The lowest BCUT2D eigenvalue weighted by atomic mass is 9.95. The predicted molar refractivity (Wildman–Crippen MR) is 89.5 cm³/mol. The van der Waals surface area contributed by atoms with Gasteiger partial charge in [0.15, 0.2) is 0 Å². The predicted octanol–water partition coefficient (Wildman–Crippen LogP) is 2.57. The molecule has 0 aliphatic carbocycles. The fourth-order valence-electron chi connectivity index (χ4n) is 3.15. The third-order valence-electron chi connectivity index (χ3n) is 4.62. The second-order valence-corrected chi connectivity index (χ2v) is 6.43. The van der Waals surface area contributed by atoms with Gasteiger partial charge in [-0.2, -0.15) is 13.2 Å². The number of allylic oxidation sites excluding steroid dienone is 2. The van der Waals surface area contributed by atoms with Crippen LogP contribution < -0.4 is 10.5 Å². The monoisotopic (exact) mass is 381 g/mol. The molecule has 6 nitrogen and oxygen atoms in total. The lowest BCUT2D eigenvalue weighted by Gasteiger charge is -2.27. The van der Waals surface area contributed by atoms with Gasteiger partial charge in [0, 0.05) is 37.0 Å². The molecule has 0 spiro atoms. The average Bonchev–Trinajstić information content (AvgIpc) is 2.83. The highest BCUT2D eigenvalue weighted by Crippen LogP contribution is 2.32. The molecule has 1 unspecified atom stereocenters. The Morgan fingerprint density at radius 3 is 2.67 bits per heavy atom. The third kappa shape index (κ3) is 4.47. The van der Waals surface area contributed by atoms with Gasteiger partial charge in [0.25, 0.3) is 0 Å². The van der Waals surface area contributed by atoms with E-state index in [1.807, 2.05) is 4.90 Å². The molecule has 9 heteroatoms. The van der Waals surface area contributed by atoms with Gasteiger partial charge < -0.3 is 15.4 Å². The van der Waals surface area contributed by atoms with E-state index in [4.69, 9.17) is 10.5 Å². The Balaban J connectivity index is 1.66. The topological polar surface area (TPSA) is 85.5 Å². The zero-order valence-electron chi connectivity index (χ0n) is 14.3. The Morgan fingerprint density at radius 1 is 1.26 bits per heavy atom. The van der Waals surface area contributed by atoms with Gasteiger partial charge in [0.2, 0.25) is 17.6 Å². The Bertz CT molecular complexity index is 800. The van der Waals surface area contributed by atoms with Crippen molar-refractivity contribution in [2.75, 3.05) is 13.1 Å². The van der Waals surface area contributed by atoms with Crippen LogP contribution in [0.2, 0.25) is 0 Å². The fraction of sp³-hybridized carbons (Fsp3) is 0.389. The van der Waals surface area contributed by atoms with Crippen molar-refractivity contribution in [2.45, 2.75) is 25.4 Å². The molecule has 1 atom stereocenters. The lowest BCUT2D eigenvalue weighted by molar-refractivity contribution is -0.175. The number of amides is 1. The SMILES string of the molecule is NC(=O)c1ccc(OC2=CCN3CCC(C(=O)C(F)(F)F)CCC3=C2)nc1. The number of ether oxygens (including phenoxy) is 1. The minimum absolute atomic E-state index is 0.152. The van der Waals surface area contributed by atoms with E-state index in [0.29, 0.717) is 25.3 Å². The van der Waals surface area contributed by atoms with Crippen molar-refractivity contribution in [1.82, 2.24) is 9.88 Å². The summed E-state index contributed by atoms with van der Waals surface area (Å²) in [5.41, 5.74) is 6.25. The molecule has 1 saturated heterocycles. The maximum absolute atomic E-state index is 12.7. The average molecular weight is 381 g/mol. The number of ketones is 1. The van der Waals surface area contributed by atoms with Crippen LogP contribution in [0.5, 0.6) is 5.88 Å². The molecular weight excluding hydrogens is 363 g/mol. The zero-order chi connectivity index (χ0) is 19.6. The quantitative estimate of drug-likeness (QED) is 0.867. The number of alkyl halides is 3. The van der Waals surface area contributed by atoms with E-state index in [1.165, 1.54) is 18.3 Å². The summed E-state index contributed by atoms with van der Waals surface area (Å²) in [6.07, 6.45) is 0.738. The van der Waals surface area contributed by atoms with E-state index in [9.17, 15) is 22.8 Å². The van der Waals surface area contributed by atoms with Crippen molar-refractivity contribution < 1.29 is 27.5 Å². The molecular formula is C18H18F3N3O3. The molecule has 144 valence electrons. The van der Waals surface area contributed by atoms with Crippen molar-refractivity contribution >= 4 is 11.7 Å². The number of hydrogen-bond donors (Lipinski definition) is 1. The summed E-state index contributed by atoms with van der Waals surface area (Å²) in [6.45, 7) is 0.862. The molecule has 3 heterocycles. The van der Waals surface area contributed by atoms with Gasteiger partial charge in [0.05, 0.1) is 5.56 Å². The molecule has 3 rings (SSSR count). The highest BCUT2D eigenvalue weighted by molar-refractivity contribution is 5.92. The van der Waals surface area contributed by atoms with Gasteiger partial charge in [-0.25, -0.2) is 4.98 Å². The summed E-state index contributed by atoms with van der Waals surface area (Å²) in [7, 11) is 0. The number of carbonyl (C=O) groups is 2. The molecule has 1 amide bonds. The summed E-state index contributed by atoms with van der Waals surface area (Å²) < 4.78 is 43.7. The van der Waals surface area contributed by atoms with Gasteiger partial charge in [-0.05, 0) is 37.5 Å². The number of rotatable bonds is 4. The van der Waals surface area contributed by atoms with Gasteiger partial charge in [-0.3, -0.25) is 9.59 Å². The number of aromatic nitrogens is 1. The van der Waals surface area contributed by atoms with Crippen molar-refractivity contribution in [3.05, 3.63) is 47.5 Å². The van der Waals surface area contributed by atoms with E-state index in [1.54, 1.807) is 12.2 Å². The fourth-order valence-corrected chi connectivity index (χ4v) is 3.15. The minimum Gasteiger partial charge on any atom is -0.439 e. The number of hydrogen-bond acceptors (Lipinski definition) is 5. The Labute approximate surface area is 153 Å². The number of nitrogens with zero attached hydrogens (tertiary/aromatic N) is 2. The smallest absolute Gasteiger partial charge is 0.439 e. The highest BCUT2D eigenvalue weighted by atomic mass is 19.4. The maximum atomic E-state index is 12.7. The molecule has 27 heavy (non-hydrogen) atoms. The van der Waals surface area contributed by atoms with E-state index in [0.717, 1.165) is 5.70 Å². The van der Waals surface area contributed by atoms with Crippen LogP contribution in [0.1, 0.15) is 29.6 Å². The molecule has 1 aromatic rings. The molecule has 2 N–H and O–H groups in total. The first-order chi connectivity index (χ1) is 12.7. The van der Waals surface area contributed by atoms with Gasteiger partial charge in [0.1, 0.15) is 5.76 Å². The number of halogens is 3. The molecule has 2 aliphatic heterocycles. The summed E-state index contributed by atoms with van der Waals surface area (Å²) >= 11 is 0. The van der Waals surface area contributed by atoms with Crippen LogP contribution in [-0.2, 0) is 4.79 Å².